The lowest BCUT2D eigenvalue weighted by molar-refractivity contribution is 0.713. The summed E-state index contributed by atoms with van der Waals surface area (Å²) in [5.41, 5.74) is 3.58. The molecule has 0 bridgehead atoms. The number of anilines is 1. The Bertz CT molecular complexity index is 992. The molecule has 4 aromatic rings. The molecule has 2 aromatic carbocycles. The summed E-state index contributed by atoms with van der Waals surface area (Å²) in [6.07, 6.45) is 4.76. The monoisotopic (exact) mass is 379 g/mol. The van der Waals surface area contributed by atoms with Crippen LogP contribution in [0.25, 0.3) is 21.8 Å². The molecule has 24 heavy (non-hydrogen) atoms. The van der Waals surface area contributed by atoms with E-state index in [0.717, 1.165) is 23.1 Å². The highest BCUT2D eigenvalue weighted by Gasteiger charge is 2.16. The first-order chi connectivity index (χ1) is 11.8. The Labute approximate surface area is 149 Å². The molecule has 0 aliphatic rings. The van der Waals surface area contributed by atoms with E-state index in [9.17, 15) is 0 Å². The Morgan fingerprint density at radius 2 is 1.71 bits per heavy atom. The summed E-state index contributed by atoms with van der Waals surface area (Å²) in [4.78, 5) is 4.16. The topological polar surface area (TPSA) is 21.1 Å². The minimum absolute atomic E-state index is 0.938. The molecule has 0 aliphatic heterocycles. The number of halogens is 1. The van der Waals surface area contributed by atoms with Crippen molar-refractivity contribution in [1.29, 1.82) is 0 Å². The minimum Gasteiger partial charge on any atom is -0.281 e. The number of aromatic nitrogens is 2. The van der Waals surface area contributed by atoms with Gasteiger partial charge in [0.15, 0.2) is 0 Å². The van der Waals surface area contributed by atoms with Crippen molar-refractivity contribution < 1.29 is 0 Å². The molecule has 120 valence electrons. The van der Waals surface area contributed by atoms with Gasteiger partial charge in [0.1, 0.15) is 0 Å². The molecule has 0 fully saturated rings. The van der Waals surface area contributed by atoms with E-state index in [1.807, 2.05) is 12.4 Å². The van der Waals surface area contributed by atoms with E-state index in [1.165, 1.54) is 21.8 Å². The third-order valence-electron chi connectivity index (χ3n) is 4.25. The molecule has 0 amide bonds. The zero-order valence-electron chi connectivity index (χ0n) is 13.5. The van der Waals surface area contributed by atoms with Gasteiger partial charge in [-0.05, 0) is 42.8 Å². The number of hydrogen-bond donors (Lipinski definition) is 0. The van der Waals surface area contributed by atoms with Crippen molar-refractivity contribution >= 4 is 43.4 Å². The Kier molecular flexibility index (Phi) is 3.98. The zero-order valence-corrected chi connectivity index (χ0v) is 15.1. The second kappa shape index (κ2) is 6.29. The van der Waals surface area contributed by atoms with Crippen LogP contribution in [-0.4, -0.2) is 16.2 Å². The molecule has 0 aliphatic carbocycles. The molecule has 0 saturated carbocycles. The summed E-state index contributed by atoms with van der Waals surface area (Å²) in [7, 11) is 0. The first-order valence-electron chi connectivity index (χ1n) is 8.16. The predicted octanol–water partition coefficient (Wildman–Crippen LogP) is 5.63. The van der Waals surface area contributed by atoms with Crippen LogP contribution in [0.2, 0.25) is 0 Å². The van der Waals surface area contributed by atoms with Crippen molar-refractivity contribution in [2.45, 2.75) is 13.3 Å². The van der Waals surface area contributed by atoms with Crippen LogP contribution in [0, 0.1) is 0 Å². The van der Waals surface area contributed by atoms with Crippen LogP contribution in [0.1, 0.15) is 13.3 Å². The summed E-state index contributed by atoms with van der Waals surface area (Å²) in [5, 5.41) is 4.86. The van der Waals surface area contributed by atoms with Gasteiger partial charge in [0, 0.05) is 34.2 Å². The highest BCUT2D eigenvalue weighted by atomic mass is 79.9. The predicted molar refractivity (Wildman–Crippen MR) is 104 cm³/mol. The standard InChI is InChI=1S/C20H18BrN3/c1-2-13-23(16-9-11-22-12-10-16)24-19-6-4-3-5-17(19)18-14-15(21)7-8-20(18)24/h3-12,14H,2,13H2,1H3. The second-order valence-electron chi connectivity index (χ2n) is 5.82. The smallest absolute Gasteiger partial charge is 0.0713 e. The number of benzene rings is 2. The molecule has 3 nitrogen and oxygen atoms in total. The van der Waals surface area contributed by atoms with Crippen LogP contribution in [0.4, 0.5) is 5.69 Å². The Morgan fingerprint density at radius 3 is 2.50 bits per heavy atom. The average molecular weight is 380 g/mol. The lowest BCUT2D eigenvalue weighted by Gasteiger charge is -2.27. The largest absolute Gasteiger partial charge is 0.281 e. The van der Waals surface area contributed by atoms with Crippen molar-refractivity contribution in [3.05, 3.63) is 71.5 Å². The molecular weight excluding hydrogens is 362 g/mol. The molecule has 0 atom stereocenters. The van der Waals surface area contributed by atoms with E-state index in [2.05, 4.69) is 92.1 Å². The minimum atomic E-state index is 0.938. The molecular formula is C20H18BrN3. The van der Waals surface area contributed by atoms with Gasteiger partial charge in [-0.25, -0.2) is 0 Å². The Hall–Kier alpha value is -2.33. The quantitative estimate of drug-likeness (QED) is 0.457. The molecule has 4 rings (SSSR count). The van der Waals surface area contributed by atoms with E-state index in [4.69, 9.17) is 0 Å². The van der Waals surface area contributed by atoms with E-state index in [1.54, 1.807) is 0 Å². The first kappa shape index (κ1) is 15.2. The first-order valence-corrected chi connectivity index (χ1v) is 8.95. The van der Waals surface area contributed by atoms with Gasteiger partial charge in [-0.2, -0.15) is 0 Å². The summed E-state index contributed by atoms with van der Waals surface area (Å²) >= 11 is 3.61. The maximum Gasteiger partial charge on any atom is 0.0713 e. The number of pyridine rings is 1. The van der Waals surface area contributed by atoms with Gasteiger partial charge in [0.2, 0.25) is 0 Å². The molecule has 2 heterocycles. The summed E-state index contributed by atoms with van der Waals surface area (Å²) in [6.45, 7) is 3.15. The number of rotatable bonds is 4. The van der Waals surface area contributed by atoms with Crippen LogP contribution in [0.15, 0.2) is 71.5 Å². The van der Waals surface area contributed by atoms with E-state index in [0.29, 0.717) is 0 Å². The lowest BCUT2D eigenvalue weighted by atomic mass is 10.2. The van der Waals surface area contributed by atoms with E-state index < -0.39 is 0 Å². The second-order valence-corrected chi connectivity index (χ2v) is 6.73. The van der Waals surface area contributed by atoms with Gasteiger partial charge in [0.05, 0.1) is 16.7 Å². The van der Waals surface area contributed by atoms with Gasteiger partial charge in [0.25, 0.3) is 0 Å². The van der Waals surface area contributed by atoms with Crippen LogP contribution in [-0.2, 0) is 0 Å². The van der Waals surface area contributed by atoms with Gasteiger partial charge in [-0.1, -0.05) is 41.1 Å². The molecule has 4 heteroatoms. The molecule has 0 N–H and O–H groups in total. The third-order valence-corrected chi connectivity index (χ3v) is 4.74. The fraction of sp³-hybridized carbons (Fsp3) is 0.150. The molecule has 0 saturated heterocycles. The zero-order chi connectivity index (χ0) is 16.5. The van der Waals surface area contributed by atoms with Crippen LogP contribution < -0.4 is 5.01 Å². The summed E-state index contributed by atoms with van der Waals surface area (Å²) in [5.74, 6) is 0. The van der Waals surface area contributed by atoms with Gasteiger partial charge < -0.3 is 0 Å². The summed E-state index contributed by atoms with van der Waals surface area (Å²) in [6, 6.07) is 19.2. The number of fused-ring (bicyclic) bond motifs is 3. The third kappa shape index (κ3) is 2.47. The van der Waals surface area contributed by atoms with Gasteiger partial charge in [-0.15, -0.1) is 0 Å². The fourth-order valence-electron chi connectivity index (χ4n) is 3.26. The van der Waals surface area contributed by atoms with Crippen LogP contribution >= 0.6 is 15.9 Å². The van der Waals surface area contributed by atoms with Crippen molar-refractivity contribution in [1.82, 2.24) is 9.66 Å². The normalized spacial score (nSPS) is 11.2. The van der Waals surface area contributed by atoms with E-state index in [-0.39, 0.29) is 0 Å². The van der Waals surface area contributed by atoms with Crippen molar-refractivity contribution in [3.63, 3.8) is 0 Å². The molecule has 0 spiro atoms. The van der Waals surface area contributed by atoms with E-state index >= 15 is 0 Å². The van der Waals surface area contributed by atoms with Crippen molar-refractivity contribution in [2.75, 3.05) is 11.6 Å². The number of hydrogen-bond acceptors (Lipinski definition) is 2. The SMILES string of the molecule is CCCN(c1ccncc1)n1c2ccccc2c2cc(Br)ccc21. The van der Waals surface area contributed by atoms with Crippen molar-refractivity contribution in [2.24, 2.45) is 0 Å². The summed E-state index contributed by atoms with van der Waals surface area (Å²) < 4.78 is 3.43. The molecule has 0 radical (unpaired) electrons. The maximum absolute atomic E-state index is 4.16. The Morgan fingerprint density at radius 1 is 0.958 bits per heavy atom. The molecule has 2 aromatic heterocycles. The number of nitrogens with zero attached hydrogens (tertiary/aromatic N) is 3. The van der Waals surface area contributed by atoms with Gasteiger partial charge >= 0.3 is 0 Å². The highest BCUT2D eigenvalue weighted by Crippen LogP contribution is 2.33. The lowest BCUT2D eigenvalue weighted by Crippen LogP contribution is -2.30. The van der Waals surface area contributed by atoms with Crippen molar-refractivity contribution in [3.8, 4) is 0 Å². The maximum atomic E-state index is 4.16. The van der Waals surface area contributed by atoms with Gasteiger partial charge in [-0.3, -0.25) is 14.7 Å². The van der Waals surface area contributed by atoms with Crippen LogP contribution in [0.3, 0.4) is 0 Å². The average Bonchev–Trinajstić information content (AvgIpc) is 2.94. The van der Waals surface area contributed by atoms with Crippen LogP contribution in [0.5, 0.6) is 0 Å². The molecule has 0 unspecified atom stereocenters. The number of para-hydroxylation sites is 1. The fourth-order valence-corrected chi connectivity index (χ4v) is 3.62. The Balaban J connectivity index is 2.06. The highest BCUT2D eigenvalue weighted by molar-refractivity contribution is 9.10.